The zero-order valence-corrected chi connectivity index (χ0v) is 11.7. The summed E-state index contributed by atoms with van der Waals surface area (Å²) < 4.78 is 45.0. The van der Waals surface area contributed by atoms with E-state index in [0.29, 0.717) is 25.0 Å². The molecular formula is C13H13ClF3N3O. The first kappa shape index (κ1) is 15.8. The molecule has 0 bridgehead atoms. The van der Waals surface area contributed by atoms with Crippen LogP contribution in [0.5, 0.6) is 0 Å². The molecule has 0 spiro atoms. The van der Waals surface area contributed by atoms with E-state index in [1.165, 1.54) is 0 Å². The third-order valence-electron chi connectivity index (χ3n) is 3.59. The van der Waals surface area contributed by atoms with Crippen LogP contribution in [-0.4, -0.2) is 10.1 Å². The third-order valence-corrected chi connectivity index (χ3v) is 3.59. The number of hydrogen-bond donors (Lipinski definition) is 1. The molecule has 21 heavy (non-hydrogen) atoms. The van der Waals surface area contributed by atoms with E-state index in [9.17, 15) is 13.2 Å². The lowest BCUT2D eigenvalue weighted by Crippen LogP contribution is -2.34. The topological polar surface area (TPSA) is 64.9 Å². The lowest BCUT2D eigenvalue weighted by atomic mass is 9.98. The van der Waals surface area contributed by atoms with Crippen molar-refractivity contribution >= 4 is 12.4 Å². The average Bonchev–Trinajstić information content (AvgIpc) is 2.98. The lowest BCUT2D eigenvalue weighted by Gasteiger charge is -2.17. The molecule has 114 valence electrons. The molecule has 4 nitrogen and oxygen atoms in total. The molecule has 0 saturated heterocycles. The van der Waals surface area contributed by atoms with Gasteiger partial charge in [-0.2, -0.15) is 4.98 Å². The van der Waals surface area contributed by atoms with Gasteiger partial charge in [0, 0.05) is 12.1 Å². The van der Waals surface area contributed by atoms with Gasteiger partial charge in [-0.3, -0.25) is 0 Å². The Morgan fingerprint density at radius 2 is 1.67 bits per heavy atom. The summed E-state index contributed by atoms with van der Waals surface area (Å²) in [5, 5.41) is 3.71. The molecule has 1 aromatic carbocycles. The fourth-order valence-corrected chi connectivity index (χ4v) is 2.50. The first-order valence-electron chi connectivity index (χ1n) is 6.27. The summed E-state index contributed by atoms with van der Waals surface area (Å²) in [6.07, 6.45) is 3.28. The van der Waals surface area contributed by atoms with Crippen molar-refractivity contribution in [1.82, 2.24) is 10.1 Å². The van der Waals surface area contributed by atoms with Gasteiger partial charge >= 0.3 is 0 Å². The molecule has 1 aliphatic carbocycles. The predicted octanol–water partition coefficient (Wildman–Crippen LogP) is 3.30. The van der Waals surface area contributed by atoms with E-state index in [-0.39, 0.29) is 24.1 Å². The number of nitrogens with zero attached hydrogens (tertiary/aromatic N) is 2. The van der Waals surface area contributed by atoms with Gasteiger partial charge in [0.05, 0.1) is 5.54 Å². The fourth-order valence-electron chi connectivity index (χ4n) is 2.50. The first-order valence-corrected chi connectivity index (χ1v) is 6.27. The average molecular weight is 320 g/mol. The number of halogens is 4. The van der Waals surface area contributed by atoms with E-state index in [0.717, 1.165) is 12.8 Å². The normalized spacial score (nSPS) is 16.8. The van der Waals surface area contributed by atoms with Crippen LogP contribution in [0.15, 0.2) is 16.7 Å². The van der Waals surface area contributed by atoms with Crippen molar-refractivity contribution in [3.63, 3.8) is 0 Å². The van der Waals surface area contributed by atoms with Crippen LogP contribution in [-0.2, 0) is 5.54 Å². The standard InChI is InChI=1S/C13H12F3N3O.ClH/c14-7-5-8(15)10(9(16)6-7)11-18-12(19-20-11)13(17)3-1-2-4-13;/h5-6H,1-4,17H2;1H. The third kappa shape index (κ3) is 2.75. The molecule has 8 heteroatoms. The smallest absolute Gasteiger partial charge is 0.263 e. The maximum absolute atomic E-state index is 13.6. The second-order valence-corrected chi connectivity index (χ2v) is 5.03. The minimum absolute atomic E-state index is 0. The van der Waals surface area contributed by atoms with Gasteiger partial charge in [-0.15, -0.1) is 12.4 Å². The zero-order valence-electron chi connectivity index (χ0n) is 10.9. The van der Waals surface area contributed by atoms with Gasteiger partial charge in [0.1, 0.15) is 23.0 Å². The summed E-state index contributed by atoms with van der Waals surface area (Å²) in [5.74, 6) is -3.28. The number of rotatable bonds is 2. The van der Waals surface area contributed by atoms with Gasteiger partial charge < -0.3 is 10.3 Å². The zero-order chi connectivity index (χ0) is 14.3. The number of nitrogens with two attached hydrogens (primary N) is 1. The highest BCUT2D eigenvalue weighted by molar-refractivity contribution is 5.85. The van der Waals surface area contributed by atoms with Crippen LogP contribution >= 0.6 is 12.4 Å². The molecule has 2 aromatic rings. The van der Waals surface area contributed by atoms with E-state index in [4.69, 9.17) is 10.3 Å². The van der Waals surface area contributed by atoms with Crippen LogP contribution in [0.25, 0.3) is 11.5 Å². The largest absolute Gasteiger partial charge is 0.334 e. The Hall–Kier alpha value is -1.60. The minimum Gasteiger partial charge on any atom is -0.334 e. The van der Waals surface area contributed by atoms with Gasteiger partial charge in [-0.1, -0.05) is 18.0 Å². The maximum atomic E-state index is 13.6. The van der Waals surface area contributed by atoms with Gasteiger partial charge in [0.2, 0.25) is 0 Å². The van der Waals surface area contributed by atoms with E-state index in [2.05, 4.69) is 10.1 Å². The predicted molar refractivity (Wildman–Crippen MR) is 71.2 cm³/mol. The van der Waals surface area contributed by atoms with Gasteiger partial charge in [-0.05, 0) is 12.8 Å². The number of aromatic nitrogens is 2. The van der Waals surface area contributed by atoms with E-state index in [1.807, 2.05) is 0 Å². The molecule has 1 heterocycles. The SMILES string of the molecule is Cl.NC1(c2noc(-c3c(F)cc(F)cc3F)n2)CCCC1. The summed E-state index contributed by atoms with van der Waals surface area (Å²) in [4.78, 5) is 3.98. The molecule has 1 aliphatic rings. The van der Waals surface area contributed by atoms with Crippen molar-refractivity contribution in [1.29, 1.82) is 0 Å². The van der Waals surface area contributed by atoms with Crippen molar-refractivity contribution in [2.45, 2.75) is 31.2 Å². The summed E-state index contributed by atoms with van der Waals surface area (Å²) in [7, 11) is 0. The Bertz CT molecular complexity index is 633. The highest BCUT2D eigenvalue weighted by Gasteiger charge is 2.36. The van der Waals surface area contributed by atoms with Crippen LogP contribution in [0.1, 0.15) is 31.5 Å². The summed E-state index contributed by atoms with van der Waals surface area (Å²) in [6, 6.07) is 1.13. The van der Waals surface area contributed by atoms with Crippen LogP contribution < -0.4 is 5.73 Å². The number of benzene rings is 1. The van der Waals surface area contributed by atoms with E-state index < -0.39 is 28.6 Å². The quantitative estimate of drug-likeness (QED) is 0.922. The van der Waals surface area contributed by atoms with Crippen LogP contribution in [0.3, 0.4) is 0 Å². The molecule has 1 aromatic heterocycles. The van der Waals surface area contributed by atoms with Crippen molar-refractivity contribution in [2.24, 2.45) is 5.73 Å². The highest BCUT2D eigenvalue weighted by atomic mass is 35.5. The van der Waals surface area contributed by atoms with Gasteiger partial charge in [0.25, 0.3) is 5.89 Å². The maximum Gasteiger partial charge on any atom is 0.263 e. The Balaban J connectivity index is 0.00000161. The fraction of sp³-hybridized carbons (Fsp3) is 0.385. The highest BCUT2D eigenvalue weighted by Crippen LogP contribution is 2.36. The van der Waals surface area contributed by atoms with E-state index in [1.54, 1.807) is 0 Å². The first-order chi connectivity index (χ1) is 9.49. The number of hydrogen-bond acceptors (Lipinski definition) is 4. The summed E-state index contributed by atoms with van der Waals surface area (Å²) in [6.45, 7) is 0. The van der Waals surface area contributed by atoms with Gasteiger partial charge in [-0.25, -0.2) is 13.2 Å². The van der Waals surface area contributed by atoms with Crippen LogP contribution in [0.2, 0.25) is 0 Å². The van der Waals surface area contributed by atoms with Crippen molar-refractivity contribution < 1.29 is 17.7 Å². The monoisotopic (exact) mass is 319 g/mol. The van der Waals surface area contributed by atoms with Crippen molar-refractivity contribution in [3.8, 4) is 11.5 Å². The minimum atomic E-state index is -1.09. The summed E-state index contributed by atoms with van der Waals surface area (Å²) >= 11 is 0. The molecule has 0 aliphatic heterocycles. The molecule has 3 rings (SSSR count). The molecule has 1 saturated carbocycles. The summed E-state index contributed by atoms with van der Waals surface area (Å²) in [5.41, 5.74) is 4.89. The second-order valence-electron chi connectivity index (χ2n) is 5.03. The molecule has 0 unspecified atom stereocenters. The van der Waals surface area contributed by atoms with E-state index >= 15 is 0 Å². The second kappa shape index (κ2) is 5.65. The lowest BCUT2D eigenvalue weighted by molar-refractivity contribution is 0.371. The van der Waals surface area contributed by atoms with Crippen LogP contribution in [0.4, 0.5) is 13.2 Å². The van der Waals surface area contributed by atoms with Crippen LogP contribution in [0, 0.1) is 17.5 Å². The Labute approximate surface area is 124 Å². The van der Waals surface area contributed by atoms with Crippen molar-refractivity contribution in [3.05, 3.63) is 35.4 Å². The molecule has 1 fully saturated rings. The molecule has 0 atom stereocenters. The Morgan fingerprint density at radius 1 is 1.10 bits per heavy atom. The molecule has 2 N–H and O–H groups in total. The molecular weight excluding hydrogens is 307 g/mol. The Kier molecular flexibility index (Phi) is 4.25. The Morgan fingerprint density at radius 3 is 2.24 bits per heavy atom. The molecule has 0 radical (unpaired) electrons. The van der Waals surface area contributed by atoms with Crippen molar-refractivity contribution in [2.75, 3.05) is 0 Å². The molecule has 0 amide bonds. The van der Waals surface area contributed by atoms with Gasteiger partial charge in [0.15, 0.2) is 5.82 Å².